The van der Waals surface area contributed by atoms with Crippen molar-refractivity contribution in [3.8, 4) is 5.75 Å². The highest BCUT2D eigenvalue weighted by molar-refractivity contribution is 5.90. The maximum Gasteiger partial charge on any atom is 0.338 e. The van der Waals surface area contributed by atoms with E-state index in [1.165, 1.54) is 33.0 Å². The van der Waals surface area contributed by atoms with E-state index in [1.54, 1.807) is 18.2 Å². The molecule has 1 aromatic rings. The largest absolute Gasteiger partial charge is 0.495 e. The second kappa shape index (κ2) is 7.14. The number of carbonyl (C=O) groups excluding carboxylic acids is 1. The van der Waals surface area contributed by atoms with Gasteiger partial charge in [0.05, 0.1) is 25.0 Å². The van der Waals surface area contributed by atoms with Crippen molar-refractivity contribution in [2.24, 2.45) is 0 Å². The van der Waals surface area contributed by atoms with Crippen LogP contribution in [0.4, 0.5) is 5.69 Å². The molecule has 0 bridgehead atoms. The first-order valence-corrected chi connectivity index (χ1v) is 7.03. The number of hydrogen-bond acceptors (Lipinski definition) is 5. The van der Waals surface area contributed by atoms with Crippen molar-refractivity contribution in [2.75, 3.05) is 39.1 Å². The van der Waals surface area contributed by atoms with Crippen LogP contribution in [0.25, 0.3) is 0 Å². The first-order valence-electron chi connectivity index (χ1n) is 7.03. The summed E-state index contributed by atoms with van der Waals surface area (Å²) in [5.41, 5.74) is 6.69. The number of benzene rings is 1. The van der Waals surface area contributed by atoms with Gasteiger partial charge in [0.25, 0.3) is 0 Å². The predicted octanol–water partition coefficient (Wildman–Crippen LogP) is 1.92. The van der Waals surface area contributed by atoms with Gasteiger partial charge in [-0.2, -0.15) is 0 Å². The van der Waals surface area contributed by atoms with Crippen LogP contribution < -0.4 is 10.5 Å². The van der Waals surface area contributed by atoms with Crippen LogP contribution in [0, 0.1) is 0 Å². The summed E-state index contributed by atoms with van der Waals surface area (Å²) in [7, 11) is 1.52. The summed E-state index contributed by atoms with van der Waals surface area (Å²) in [5, 5.41) is 0. The van der Waals surface area contributed by atoms with E-state index in [9.17, 15) is 4.79 Å². The van der Waals surface area contributed by atoms with Crippen molar-refractivity contribution < 1.29 is 14.3 Å². The molecule has 1 fully saturated rings. The maximum atomic E-state index is 11.9. The van der Waals surface area contributed by atoms with Gasteiger partial charge in [-0.1, -0.05) is 0 Å². The summed E-state index contributed by atoms with van der Waals surface area (Å²) >= 11 is 0. The Morgan fingerprint density at radius 3 is 2.80 bits per heavy atom. The van der Waals surface area contributed by atoms with Gasteiger partial charge < -0.3 is 20.1 Å². The molecule has 1 aliphatic heterocycles. The quantitative estimate of drug-likeness (QED) is 0.489. The lowest BCUT2D eigenvalue weighted by Crippen LogP contribution is -2.22. The molecule has 5 heteroatoms. The van der Waals surface area contributed by atoms with E-state index in [4.69, 9.17) is 15.2 Å². The van der Waals surface area contributed by atoms with Gasteiger partial charge in [0, 0.05) is 6.54 Å². The van der Waals surface area contributed by atoms with Crippen molar-refractivity contribution in [3.63, 3.8) is 0 Å². The zero-order valence-electron chi connectivity index (χ0n) is 11.9. The number of methoxy groups -OCH3 is 1. The number of carbonyl (C=O) groups is 1. The smallest absolute Gasteiger partial charge is 0.338 e. The molecule has 5 nitrogen and oxygen atoms in total. The molecule has 0 spiro atoms. The SMILES string of the molecule is COc1cc(C(=O)OCCCN2CCCC2)ccc1N. The summed E-state index contributed by atoms with van der Waals surface area (Å²) in [5.74, 6) is 0.168. The van der Waals surface area contributed by atoms with Crippen molar-refractivity contribution in [1.29, 1.82) is 0 Å². The number of rotatable bonds is 6. The monoisotopic (exact) mass is 278 g/mol. The van der Waals surface area contributed by atoms with Crippen molar-refractivity contribution >= 4 is 11.7 Å². The summed E-state index contributed by atoms with van der Waals surface area (Å²) < 4.78 is 10.4. The molecule has 20 heavy (non-hydrogen) atoms. The zero-order chi connectivity index (χ0) is 14.4. The Labute approximate surface area is 119 Å². The van der Waals surface area contributed by atoms with E-state index in [-0.39, 0.29) is 5.97 Å². The molecule has 0 aliphatic carbocycles. The van der Waals surface area contributed by atoms with Crippen LogP contribution in [0.2, 0.25) is 0 Å². The third kappa shape index (κ3) is 3.87. The Balaban J connectivity index is 1.76. The highest BCUT2D eigenvalue weighted by Crippen LogP contribution is 2.22. The van der Waals surface area contributed by atoms with Crippen molar-refractivity contribution in [3.05, 3.63) is 23.8 Å². The Morgan fingerprint density at radius 2 is 2.10 bits per heavy atom. The second-order valence-corrected chi connectivity index (χ2v) is 4.99. The molecule has 0 atom stereocenters. The number of ether oxygens (including phenoxy) is 2. The summed E-state index contributed by atoms with van der Waals surface area (Å²) in [4.78, 5) is 14.3. The molecule has 1 heterocycles. The van der Waals surface area contributed by atoms with Crippen LogP contribution in [0.3, 0.4) is 0 Å². The van der Waals surface area contributed by atoms with E-state index >= 15 is 0 Å². The average Bonchev–Trinajstić information content (AvgIpc) is 2.97. The van der Waals surface area contributed by atoms with E-state index in [2.05, 4.69) is 4.90 Å². The molecule has 0 unspecified atom stereocenters. The topological polar surface area (TPSA) is 64.8 Å². The number of esters is 1. The first kappa shape index (κ1) is 14.7. The molecule has 110 valence electrons. The van der Waals surface area contributed by atoms with Gasteiger partial charge in [-0.15, -0.1) is 0 Å². The number of likely N-dealkylation sites (tertiary alicyclic amines) is 1. The molecule has 2 N–H and O–H groups in total. The number of nitrogen functional groups attached to an aromatic ring is 1. The first-order chi connectivity index (χ1) is 9.70. The van der Waals surface area contributed by atoms with Crippen molar-refractivity contribution in [2.45, 2.75) is 19.3 Å². The lowest BCUT2D eigenvalue weighted by atomic mass is 10.2. The van der Waals surface area contributed by atoms with E-state index < -0.39 is 0 Å². The zero-order valence-corrected chi connectivity index (χ0v) is 11.9. The van der Waals surface area contributed by atoms with Crippen LogP contribution in [0.1, 0.15) is 29.6 Å². The van der Waals surface area contributed by atoms with Crippen molar-refractivity contribution in [1.82, 2.24) is 4.90 Å². The van der Waals surface area contributed by atoms with Gasteiger partial charge in [0.15, 0.2) is 0 Å². The molecule has 0 aromatic heterocycles. The fraction of sp³-hybridized carbons (Fsp3) is 0.533. The Hall–Kier alpha value is -1.75. The average molecular weight is 278 g/mol. The van der Waals surface area contributed by atoms with Gasteiger partial charge in [0.1, 0.15) is 5.75 Å². The Bertz CT molecular complexity index is 456. The van der Waals surface area contributed by atoms with E-state index in [0.717, 1.165) is 13.0 Å². The summed E-state index contributed by atoms with van der Waals surface area (Å²) in [6.07, 6.45) is 3.44. The molecular weight excluding hydrogens is 256 g/mol. The Kier molecular flexibility index (Phi) is 5.24. The number of anilines is 1. The molecular formula is C15H22N2O3. The van der Waals surface area contributed by atoms with Crippen LogP contribution in [-0.2, 0) is 4.74 Å². The molecule has 0 saturated carbocycles. The normalized spacial score (nSPS) is 15.2. The fourth-order valence-corrected chi connectivity index (χ4v) is 2.38. The van der Waals surface area contributed by atoms with Crippen LogP contribution in [-0.4, -0.2) is 44.2 Å². The molecule has 0 amide bonds. The maximum absolute atomic E-state index is 11.9. The lowest BCUT2D eigenvalue weighted by Gasteiger charge is -2.14. The lowest BCUT2D eigenvalue weighted by molar-refractivity contribution is 0.0490. The fourth-order valence-electron chi connectivity index (χ4n) is 2.38. The Morgan fingerprint density at radius 1 is 1.35 bits per heavy atom. The minimum Gasteiger partial charge on any atom is -0.495 e. The number of hydrogen-bond donors (Lipinski definition) is 1. The van der Waals surface area contributed by atoms with Crippen LogP contribution in [0.5, 0.6) is 5.75 Å². The third-order valence-electron chi connectivity index (χ3n) is 3.52. The highest BCUT2D eigenvalue weighted by Gasteiger charge is 2.12. The van der Waals surface area contributed by atoms with Gasteiger partial charge in [-0.3, -0.25) is 0 Å². The number of nitrogens with zero attached hydrogens (tertiary/aromatic N) is 1. The van der Waals surface area contributed by atoms with E-state index in [0.29, 0.717) is 23.6 Å². The minimum absolute atomic E-state index is 0.329. The van der Waals surface area contributed by atoms with Gasteiger partial charge >= 0.3 is 5.97 Å². The van der Waals surface area contributed by atoms with E-state index in [1.807, 2.05) is 0 Å². The third-order valence-corrected chi connectivity index (χ3v) is 3.52. The molecule has 2 rings (SSSR count). The minimum atomic E-state index is -0.329. The van der Waals surface area contributed by atoms with Gasteiger partial charge in [-0.05, 0) is 50.6 Å². The predicted molar refractivity (Wildman–Crippen MR) is 78.0 cm³/mol. The summed E-state index contributed by atoms with van der Waals surface area (Å²) in [6, 6.07) is 4.92. The van der Waals surface area contributed by atoms with Crippen LogP contribution >= 0.6 is 0 Å². The summed E-state index contributed by atoms with van der Waals surface area (Å²) in [6.45, 7) is 3.78. The van der Waals surface area contributed by atoms with Gasteiger partial charge in [0.2, 0.25) is 0 Å². The standard InChI is InChI=1S/C15H22N2O3/c1-19-14-11-12(5-6-13(14)16)15(18)20-10-4-9-17-7-2-3-8-17/h5-6,11H,2-4,7-10,16H2,1H3. The highest BCUT2D eigenvalue weighted by atomic mass is 16.5. The molecule has 1 aromatic carbocycles. The van der Waals surface area contributed by atoms with Gasteiger partial charge in [-0.25, -0.2) is 4.79 Å². The van der Waals surface area contributed by atoms with Crippen LogP contribution in [0.15, 0.2) is 18.2 Å². The molecule has 0 radical (unpaired) electrons. The number of nitrogens with two attached hydrogens (primary N) is 1. The second-order valence-electron chi connectivity index (χ2n) is 4.99. The molecule has 1 aliphatic rings. The molecule has 1 saturated heterocycles.